The fraction of sp³-hybridized carbons (Fsp3) is 0.0588. The second-order valence-electron chi connectivity index (χ2n) is 4.42. The number of hydrogen-bond donors (Lipinski definition) is 0. The van der Waals surface area contributed by atoms with Crippen molar-refractivity contribution < 1.29 is 4.79 Å². The smallest absolute Gasteiger partial charge is 0.203 e. The number of rotatable bonds is 3. The molecule has 3 heteroatoms. The quantitative estimate of drug-likeness (QED) is 0.474. The highest BCUT2D eigenvalue weighted by Crippen LogP contribution is 2.16. The summed E-state index contributed by atoms with van der Waals surface area (Å²) in [5.41, 5.74) is 2.48. The molecular weight excluding hydrogens is 270 g/mol. The molecule has 0 radical (unpaired) electrons. The Morgan fingerprint density at radius 2 is 1.90 bits per heavy atom. The Morgan fingerprint density at radius 1 is 1.20 bits per heavy atom. The van der Waals surface area contributed by atoms with Crippen molar-refractivity contribution in [1.82, 2.24) is 0 Å². The summed E-state index contributed by atoms with van der Waals surface area (Å²) in [4.78, 5) is 12.2. The minimum Gasteiger partial charge on any atom is -0.288 e. The van der Waals surface area contributed by atoms with Gasteiger partial charge >= 0.3 is 0 Å². The SMILES string of the molecule is Cc1cccc(/C=C(\C#N)C(=O)c2ccc(Cl)cc2)c1. The van der Waals surface area contributed by atoms with Crippen LogP contribution in [0.5, 0.6) is 0 Å². The highest BCUT2D eigenvalue weighted by atomic mass is 35.5. The lowest BCUT2D eigenvalue weighted by Crippen LogP contribution is -2.01. The molecule has 0 saturated carbocycles. The van der Waals surface area contributed by atoms with Crippen LogP contribution in [-0.4, -0.2) is 5.78 Å². The average molecular weight is 282 g/mol. The number of allylic oxidation sites excluding steroid dienone is 1. The van der Waals surface area contributed by atoms with E-state index in [4.69, 9.17) is 11.6 Å². The molecule has 0 saturated heterocycles. The first-order chi connectivity index (χ1) is 9.60. The predicted octanol–water partition coefficient (Wildman–Crippen LogP) is 4.44. The molecule has 0 aromatic heterocycles. The molecule has 98 valence electrons. The number of nitrogens with zero attached hydrogens (tertiary/aromatic N) is 1. The van der Waals surface area contributed by atoms with Gasteiger partial charge in [0.15, 0.2) is 0 Å². The van der Waals surface area contributed by atoms with E-state index in [-0.39, 0.29) is 11.4 Å². The average Bonchev–Trinajstić information content (AvgIpc) is 2.45. The maximum absolute atomic E-state index is 12.2. The molecule has 20 heavy (non-hydrogen) atoms. The molecule has 0 aliphatic rings. The first-order valence-corrected chi connectivity index (χ1v) is 6.46. The van der Waals surface area contributed by atoms with Crippen molar-refractivity contribution in [2.75, 3.05) is 0 Å². The van der Waals surface area contributed by atoms with Gasteiger partial charge in [-0.3, -0.25) is 4.79 Å². The zero-order chi connectivity index (χ0) is 14.5. The zero-order valence-electron chi connectivity index (χ0n) is 10.9. The number of aryl methyl sites for hydroxylation is 1. The van der Waals surface area contributed by atoms with E-state index in [1.165, 1.54) is 0 Å². The zero-order valence-corrected chi connectivity index (χ0v) is 11.7. The number of carbonyl (C=O) groups excluding carboxylic acids is 1. The number of benzene rings is 2. The molecule has 0 spiro atoms. The number of Topliss-reactive ketones (excluding diaryl/α,β-unsaturated/α-hetero) is 1. The molecule has 0 bridgehead atoms. The third-order valence-electron chi connectivity index (χ3n) is 2.82. The van der Waals surface area contributed by atoms with E-state index in [1.54, 1.807) is 30.3 Å². The second-order valence-corrected chi connectivity index (χ2v) is 4.86. The number of hydrogen-bond acceptors (Lipinski definition) is 2. The van der Waals surface area contributed by atoms with Crippen LogP contribution in [0, 0.1) is 18.3 Å². The first kappa shape index (κ1) is 14.0. The van der Waals surface area contributed by atoms with Crippen LogP contribution in [0.2, 0.25) is 5.02 Å². The van der Waals surface area contributed by atoms with Crippen molar-refractivity contribution in [3.63, 3.8) is 0 Å². The van der Waals surface area contributed by atoms with E-state index in [9.17, 15) is 10.1 Å². The Balaban J connectivity index is 2.35. The highest BCUT2D eigenvalue weighted by molar-refractivity contribution is 6.30. The van der Waals surface area contributed by atoms with E-state index in [2.05, 4.69) is 0 Å². The predicted molar refractivity (Wildman–Crippen MR) is 80.6 cm³/mol. The van der Waals surface area contributed by atoms with Crippen LogP contribution in [-0.2, 0) is 0 Å². The number of carbonyl (C=O) groups is 1. The van der Waals surface area contributed by atoms with Crippen molar-refractivity contribution in [1.29, 1.82) is 5.26 Å². The largest absolute Gasteiger partial charge is 0.288 e. The molecule has 0 unspecified atom stereocenters. The van der Waals surface area contributed by atoms with Gasteiger partial charge in [0, 0.05) is 10.6 Å². The van der Waals surface area contributed by atoms with Crippen molar-refractivity contribution >= 4 is 23.5 Å². The Labute approximate surface area is 122 Å². The molecule has 0 aliphatic carbocycles. The lowest BCUT2D eigenvalue weighted by molar-refractivity contribution is 0.104. The van der Waals surface area contributed by atoms with E-state index in [1.807, 2.05) is 37.3 Å². The first-order valence-electron chi connectivity index (χ1n) is 6.09. The number of ketones is 1. The fourth-order valence-electron chi connectivity index (χ4n) is 1.83. The Kier molecular flexibility index (Phi) is 4.34. The van der Waals surface area contributed by atoms with Crippen LogP contribution in [0.3, 0.4) is 0 Å². The van der Waals surface area contributed by atoms with Crippen molar-refractivity contribution in [2.45, 2.75) is 6.92 Å². The highest BCUT2D eigenvalue weighted by Gasteiger charge is 2.11. The van der Waals surface area contributed by atoms with Gasteiger partial charge in [-0.05, 0) is 42.8 Å². The molecule has 2 aromatic rings. The topological polar surface area (TPSA) is 40.9 Å². The minimum atomic E-state index is -0.300. The minimum absolute atomic E-state index is 0.109. The third-order valence-corrected chi connectivity index (χ3v) is 3.08. The van der Waals surface area contributed by atoms with Crippen LogP contribution in [0.4, 0.5) is 0 Å². The molecule has 0 heterocycles. The van der Waals surface area contributed by atoms with Crippen LogP contribution in [0.25, 0.3) is 6.08 Å². The van der Waals surface area contributed by atoms with Crippen molar-refractivity contribution in [2.24, 2.45) is 0 Å². The van der Waals surface area contributed by atoms with Crippen LogP contribution in [0.1, 0.15) is 21.5 Å². The monoisotopic (exact) mass is 281 g/mol. The Hall–Kier alpha value is -2.37. The molecule has 0 atom stereocenters. The second kappa shape index (κ2) is 6.18. The van der Waals surface area contributed by atoms with E-state index in [0.29, 0.717) is 10.6 Å². The third kappa shape index (κ3) is 3.34. The van der Waals surface area contributed by atoms with Gasteiger partial charge in [0.2, 0.25) is 5.78 Å². The standard InChI is InChI=1S/C17H12ClNO/c1-12-3-2-4-13(9-12)10-15(11-19)17(20)14-5-7-16(18)8-6-14/h2-10H,1H3/b15-10+. The van der Waals surface area contributed by atoms with Gasteiger partial charge in [-0.25, -0.2) is 0 Å². The lowest BCUT2D eigenvalue weighted by Gasteiger charge is -2.01. The van der Waals surface area contributed by atoms with Gasteiger partial charge in [0.05, 0.1) is 0 Å². The van der Waals surface area contributed by atoms with E-state index in [0.717, 1.165) is 11.1 Å². The van der Waals surface area contributed by atoms with Gasteiger partial charge < -0.3 is 0 Å². The van der Waals surface area contributed by atoms with Crippen LogP contribution >= 0.6 is 11.6 Å². The maximum atomic E-state index is 12.2. The molecule has 0 amide bonds. The Bertz CT molecular complexity index is 709. The van der Waals surface area contributed by atoms with Gasteiger partial charge in [-0.1, -0.05) is 41.4 Å². The van der Waals surface area contributed by atoms with Crippen molar-refractivity contribution in [3.8, 4) is 6.07 Å². The summed E-state index contributed by atoms with van der Waals surface area (Å²) in [6.07, 6.45) is 1.60. The number of halogens is 1. The normalized spacial score (nSPS) is 10.9. The molecule has 2 aromatic carbocycles. The fourth-order valence-corrected chi connectivity index (χ4v) is 1.96. The summed E-state index contributed by atoms with van der Waals surface area (Å²) in [5.74, 6) is -0.300. The van der Waals surface area contributed by atoms with Crippen molar-refractivity contribution in [3.05, 3.63) is 75.8 Å². The summed E-state index contributed by atoms with van der Waals surface area (Å²) < 4.78 is 0. The van der Waals surface area contributed by atoms with Gasteiger partial charge in [-0.2, -0.15) is 5.26 Å². The Morgan fingerprint density at radius 3 is 2.50 bits per heavy atom. The summed E-state index contributed by atoms with van der Waals surface area (Å²) in [7, 11) is 0. The lowest BCUT2D eigenvalue weighted by atomic mass is 10.0. The van der Waals surface area contributed by atoms with Crippen LogP contribution < -0.4 is 0 Å². The summed E-state index contributed by atoms with van der Waals surface area (Å²) in [6, 6.07) is 16.1. The summed E-state index contributed by atoms with van der Waals surface area (Å²) in [5, 5.41) is 9.74. The van der Waals surface area contributed by atoms with Gasteiger partial charge in [0.25, 0.3) is 0 Å². The molecular formula is C17H12ClNO. The number of nitriles is 1. The van der Waals surface area contributed by atoms with Gasteiger partial charge in [0.1, 0.15) is 11.6 Å². The molecule has 2 nitrogen and oxygen atoms in total. The van der Waals surface area contributed by atoms with E-state index < -0.39 is 0 Å². The molecule has 2 rings (SSSR count). The summed E-state index contributed by atoms with van der Waals surface area (Å²) >= 11 is 5.79. The van der Waals surface area contributed by atoms with E-state index >= 15 is 0 Å². The van der Waals surface area contributed by atoms with Crippen LogP contribution in [0.15, 0.2) is 54.1 Å². The molecule has 0 aliphatic heterocycles. The summed E-state index contributed by atoms with van der Waals surface area (Å²) in [6.45, 7) is 1.96. The molecule has 0 fully saturated rings. The maximum Gasteiger partial charge on any atom is 0.203 e. The molecule has 0 N–H and O–H groups in total. The van der Waals surface area contributed by atoms with Gasteiger partial charge in [-0.15, -0.1) is 0 Å².